The minimum Gasteiger partial charge on any atom is -0.435 e. The van der Waals surface area contributed by atoms with Gasteiger partial charge in [0, 0.05) is 15.3 Å². The number of hydrogen-bond donors (Lipinski definition) is 1. The fraction of sp³-hybridized carbons (Fsp3) is 0.222. The van der Waals surface area contributed by atoms with Crippen molar-refractivity contribution < 1.29 is 18.3 Å². The maximum atomic E-state index is 11.9. The molecule has 0 fully saturated rings. The second-order valence-electron chi connectivity index (χ2n) is 2.80. The van der Waals surface area contributed by atoms with E-state index in [-0.39, 0.29) is 17.2 Å². The molecule has 1 rings (SSSR count). The summed E-state index contributed by atoms with van der Waals surface area (Å²) in [6.07, 6.45) is 0. The van der Waals surface area contributed by atoms with E-state index in [1.54, 1.807) is 0 Å². The van der Waals surface area contributed by atoms with E-state index in [2.05, 4.69) is 4.74 Å². The topological polar surface area (TPSA) is 52.3 Å². The Bertz CT molecular complexity index is 373. The lowest BCUT2D eigenvalue weighted by molar-refractivity contribution is -0.0498. The van der Waals surface area contributed by atoms with Crippen LogP contribution in [-0.2, 0) is 0 Å². The first-order valence-electron chi connectivity index (χ1n) is 3.96. The molecule has 0 spiro atoms. The van der Waals surface area contributed by atoms with Crippen molar-refractivity contribution in [2.75, 3.05) is 5.73 Å². The van der Waals surface area contributed by atoms with Gasteiger partial charge in [0.1, 0.15) is 5.75 Å². The van der Waals surface area contributed by atoms with E-state index < -0.39 is 6.61 Å². The second-order valence-corrected chi connectivity index (χ2v) is 3.97. The van der Waals surface area contributed by atoms with Crippen LogP contribution < -0.4 is 10.5 Å². The zero-order valence-corrected chi connectivity index (χ0v) is 9.92. The normalized spacial score (nSPS) is 10.5. The summed E-state index contributed by atoms with van der Waals surface area (Å²) in [5.41, 5.74) is 6.02. The molecule has 0 atom stereocenters. The van der Waals surface area contributed by atoms with E-state index in [1.807, 2.05) is 22.6 Å². The van der Waals surface area contributed by atoms with Crippen molar-refractivity contribution >= 4 is 34.1 Å². The molecule has 0 aromatic heterocycles. The van der Waals surface area contributed by atoms with Gasteiger partial charge in [-0.2, -0.15) is 8.78 Å². The first-order chi connectivity index (χ1) is 6.91. The summed E-state index contributed by atoms with van der Waals surface area (Å²) >= 11 is 1.85. The molecule has 0 aliphatic heterocycles. The highest BCUT2D eigenvalue weighted by atomic mass is 127. The van der Waals surface area contributed by atoms with Crippen molar-refractivity contribution in [3.63, 3.8) is 0 Å². The van der Waals surface area contributed by atoms with Gasteiger partial charge in [-0.15, -0.1) is 0 Å². The van der Waals surface area contributed by atoms with Crippen molar-refractivity contribution in [3.8, 4) is 5.75 Å². The van der Waals surface area contributed by atoms with Crippen LogP contribution >= 0.6 is 22.6 Å². The molecule has 15 heavy (non-hydrogen) atoms. The molecule has 0 amide bonds. The summed E-state index contributed by atoms with van der Waals surface area (Å²) in [5.74, 6) is -0.252. The number of alkyl halides is 2. The standard InChI is InChI=1S/C9H8F2INO2/c1-4(14)8-6(12)2-5(3-7(8)13)15-9(10)11/h2-3,9H,13H2,1H3. The smallest absolute Gasteiger partial charge is 0.387 e. The van der Waals surface area contributed by atoms with E-state index in [1.165, 1.54) is 19.1 Å². The molecular formula is C9H8F2INO2. The number of ether oxygens (including phenoxy) is 1. The first kappa shape index (κ1) is 12.2. The van der Waals surface area contributed by atoms with E-state index in [0.717, 1.165) is 0 Å². The number of carbonyl (C=O) groups excluding carboxylic acids is 1. The highest BCUT2D eigenvalue weighted by Crippen LogP contribution is 2.27. The van der Waals surface area contributed by atoms with Gasteiger partial charge in [-0.1, -0.05) is 0 Å². The molecule has 2 N–H and O–H groups in total. The zero-order valence-electron chi connectivity index (χ0n) is 7.76. The number of rotatable bonds is 3. The van der Waals surface area contributed by atoms with Gasteiger partial charge in [0.05, 0.1) is 5.56 Å². The predicted molar refractivity (Wildman–Crippen MR) is 60.2 cm³/mol. The Morgan fingerprint density at radius 1 is 1.53 bits per heavy atom. The zero-order chi connectivity index (χ0) is 11.6. The van der Waals surface area contributed by atoms with Crippen LogP contribution in [0.3, 0.4) is 0 Å². The number of nitrogen functional groups attached to an aromatic ring is 1. The largest absolute Gasteiger partial charge is 0.435 e. The van der Waals surface area contributed by atoms with Gasteiger partial charge in [0.2, 0.25) is 0 Å². The Hall–Kier alpha value is -0.920. The number of carbonyl (C=O) groups is 1. The van der Waals surface area contributed by atoms with Gasteiger partial charge in [-0.05, 0) is 35.6 Å². The van der Waals surface area contributed by atoms with E-state index in [0.29, 0.717) is 9.13 Å². The molecule has 1 aromatic carbocycles. The van der Waals surface area contributed by atoms with Crippen LogP contribution in [0.15, 0.2) is 12.1 Å². The van der Waals surface area contributed by atoms with Crippen molar-refractivity contribution in [1.29, 1.82) is 0 Å². The Morgan fingerprint density at radius 3 is 2.53 bits per heavy atom. The Morgan fingerprint density at radius 2 is 2.13 bits per heavy atom. The lowest BCUT2D eigenvalue weighted by atomic mass is 10.1. The van der Waals surface area contributed by atoms with Gasteiger partial charge in [-0.3, -0.25) is 4.79 Å². The van der Waals surface area contributed by atoms with E-state index in [4.69, 9.17) is 5.73 Å². The maximum Gasteiger partial charge on any atom is 0.387 e. The lowest BCUT2D eigenvalue weighted by Gasteiger charge is -2.09. The van der Waals surface area contributed by atoms with Crippen molar-refractivity contribution in [3.05, 3.63) is 21.3 Å². The molecule has 3 nitrogen and oxygen atoms in total. The fourth-order valence-electron chi connectivity index (χ4n) is 1.14. The molecule has 6 heteroatoms. The van der Waals surface area contributed by atoms with Gasteiger partial charge in [-0.25, -0.2) is 0 Å². The van der Waals surface area contributed by atoms with Gasteiger partial charge in [0.15, 0.2) is 5.78 Å². The summed E-state index contributed by atoms with van der Waals surface area (Å²) in [7, 11) is 0. The molecule has 0 aliphatic carbocycles. The lowest BCUT2D eigenvalue weighted by Crippen LogP contribution is -2.06. The predicted octanol–water partition coefficient (Wildman–Crippen LogP) is 2.68. The minimum atomic E-state index is -2.90. The van der Waals surface area contributed by atoms with Crippen LogP contribution in [0.1, 0.15) is 17.3 Å². The van der Waals surface area contributed by atoms with Crippen LogP contribution in [-0.4, -0.2) is 12.4 Å². The molecule has 0 saturated heterocycles. The van der Waals surface area contributed by atoms with Crippen LogP contribution in [0, 0.1) is 3.57 Å². The minimum absolute atomic E-state index is 0.0445. The molecule has 82 valence electrons. The Kier molecular flexibility index (Phi) is 3.83. The second kappa shape index (κ2) is 4.73. The first-order valence-corrected chi connectivity index (χ1v) is 5.04. The number of halogens is 3. The summed E-state index contributed by atoms with van der Waals surface area (Å²) in [4.78, 5) is 11.1. The quantitative estimate of drug-likeness (QED) is 0.528. The average molecular weight is 327 g/mol. The highest BCUT2D eigenvalue weighted by molar-refractivity contribution is 14.1. The number of benzene rings is 1. The van der Waals surface area contributed by atoms with Crippen LogP contribution in [0.25, 0.3) is 0 Å². The molecule has 0 heterocycles. The molecule has 0 unspecified atom stereocenters. The number of anilines is 1. The van der Waals surface area contributed by atoms with Crippen LogP contribution in [0.2, 0.25) is 0 Å². The Labute approximate surface area is 98.7 Å². The average Bonchev–Trinajstić information content (AvgIpc) is 1.99. The van der Waals surface area contributed by atoms with Crippen LogP contribution in [0.4, 0.5) is 14.5 Å². The van der Waals surface area contributed by atoms with Crippen molar-refractivity contribution in [2.24, 2.45) is 0 Å². The van der Waals surface area contributed by atoms with E-state index >= 15 is 0 Å². The van der Waals surface area contributed by atoms with Gasteiger partial charge < -0.3 is 10.5 Å². The summed E-state index contributed by atoms with van der Waals surface area (Å²) < 4.78 is 28.5. The SMILES string of the molecule is CC(=O)c1c(N)cc(OC(F)F)cc1I. The third-order valence-electron chi connectivity index (χ3n) is 1.67. The summed E-state index contributed by atoms with van der Waals surface area (Å²) in [6.45, 7) is -1.54. The number of hydrogen-bond acceptors (Lipinski definition) is 3. The van der Waals surface area contributed by atoms with Gasteiger partial charge in [0.25, 0.3) is 0 Å². The monoisotopic (exact) mass is 327 g/mol. The van der Waals surface area contributed by atoms with Crippen molar-refractivity contribution in [2.45, 2.75) is 13.5 Å². The molecule has 1 aromatic rings. The van der Waals surface area contributed by atoms with Crippen molar-refractivity contribution in [1.82, 2.24) is 0 Å². The molecule has 0 radical (unpaired) electrons. The molecular weight excluding hydrogens is 319 g/mol. The van der Waals surface area contributed by atoms with Gasteiger partial charge >= 0.3 is 6.61 Å². The number of Topliss-reactive ketones (excluding diaryl/α,β-unsaturated/α-hetero) is 1. The maximum absolute atomic E-state index is 11.9. The van der Waals surface area contributed by atoms with Crippen LogP contribution in [0.5, 0.6) is 5.75 Å². The van der Waals surface area contributed by atoms with E-state index in [9.17, 15) is 13.6 Å². The fourth-order valence-corrected chi connectivity index (χ4v) is 2.14. The third-order valence-corrected chi connectivity index (χ3v) is 2.52. The molecule has 0 saturated carbocycles. The molecule has 0 aliphatic rings. The molecule has 0 bridgehead atoms. The third kappa shape index (κ3) is 3.01. The summed E-state index contributed by atoms with van der Waals surface area (Å²) in [6, 6.07) is 2.56. The summed E-state index contributed by atoms with van der Waals surface area (Å²) in [5, 5.41) is 0. The highest BCUT2D eigenvalue weighted by Gasteiger charge is 2.13. The number of ketones is 1. The number of nitrogens with two attached hydrogens (primary N) is 1. The Balaban J connectivity index is 3.14.